The maximum Gasteiger partial charge on any atom is 0.180 e. The topological polar surface area (TPSA) is 29.1 Å². The average Bonchev–Trinajstić information content (AvgIpc) is 3.12. The smallest absolute Gasteiger partial charge is 0.180 e. The van der Waals surface area contributed by atoms with E-state index in [4.69, 9.17) is 0 Å². The molecule has 1 atom stereocenters. The second kappa shape index (κ2) is 5.99. The number of rotatable bonds is 4. The number of carbonyl (C=O) groups excluding carboxylic acids is 1. The molecule has 0 bridgehead atoms. The van der Waals surface area contributed by atoms with Gasteiger partial charge in [-0.25, -0.2) is 4.39 Å². The van der Waals surface area contributed by atoms with Crippen molar-refractivity contribution in [2.24, 2.45) is 10.8 Å². The first-order chi connectivity index (χ1) is 10.8. The van der Waals surface area contributed by atoms with Gasteiger partial charge in [-0.05, 0) is 49.4 Å². The van der Waals surface area contributed by atoms with E-state index in [9.17, 15) is 9.18 Å². The van der Waals surface area contributed by atoms with E-state index < -0.39 is 0 Å². The summed E-state index contributed by atoms with van der Waals surface area (Å²) >= 11 is 1.42. The molecule has 1 unspecified atom stereocenters. The summed E-state index contributed by atoms with van der Waals surface area (Å²) in [6, 6.07) is 6.79. The molecular weight excluding hydrogens is 309 g/mol. The summed E-state index contributed by atoms with van der Waals surface area (Å²) in [5.74, 6) is -0.0570. The van der Waals surface area contributed by atoms with Gasteiger partial charge in [0, 0.05) is 22.0 Å². The van der Waals surface area contributed by atoms with Gasteiger partial charge in [0.15, 0.2) is 5.78 Å². The van der Waals surface area contributed by atoms with Gasteiger partial charge in [-0.1, -0.05) is 26.8 Å². The van der Waals surface area contributed by atoms with Crippen molar-refractivity contribution >= 4 is 27.2 Å². The van der Waals surface area contributed by atoms with Crippen LogP contribution in [-0.2, 0) is 0 Å². The van der Waals surface area contributed by atoms with E-state index in [1.54, 1.807) is 12.1 Å². The van der Waals surface area contributed by atoms with Gasteiger partial charge in [0.1, 0.15) is 5.82 Å². The summed E-state index contributed by atoms with van der Waals surface area (Å²) in [4.78, 5) is 13.9. The summed E-state index contributed by atoms with van der Waals surface area (Å²) in [6.07, 6.45) is 2.78. The van der Waals surface area contributed by atoms with Crippen molar-refractivity contribution in [3.05, 3.63) is 35.0 Å². The lowest BCUT2D eigenvalue weighted by Gasteiger charge is -2.30. The molecule has 1 saturated heterocycles. The molecule has 1 aliphatic rings. The summed E-state index contributed by atoms with van der Waals surface area (Å²) in [6.45, 7) is 8.25. The van der Waals surface area contributed by atoms with E-state index in [-0.39, 0.29) is 22.4 Å². The lowest BCUT2D eigenvalue weighted by molar-refractivity contribution is 0.0788. The number of fused-ring (bicyclic) bond motifs is 1. The third-order valence-corrected chi connectivity index (χ3v) is 5.91. The number of ketones is 1. The molecule has 1 aromatic heterocycles. The SMILES string of the molecule is CC(C)(C)CCC1(C(=O)c2cc3c(F)cccc3s2)CCNC1. The van der Waals surface area contributed by atoms with E-state index in [0.717, 1.165) is 37.1 Å². The molecule has 3 rings (SSSR count). The number of hydrogen-bond donors (Lipinski definition) is 1. The van der Waals surface area contributed by atoms with E-state index in [1.165, 1.54) is 17.4 Å². The predicted molar refractivity (Wildman–Crippen MR) is 94.7 cm³/mol. The molecule has 124 valence electrons. The monoisotopic (exact) mass is 333 g/mol. The molecule has 1 fully saturated rings. The Labute approximate surface area is 141 Å². The zero-order valence-electron chi connectivity index (χ0n) is 14.0. The van der Waals surface area contributed by atoms with Crippen molar-refractivity contribution in [2.75, 3.05) is 13.1 Å². The summed E-state index contributed by atoms with van der Waals surface area (Å²) in [5.41, 5.74) is -0.118. The van der Waals surface area contributed by atoms with Gasteiger partial charge >= 0.3 is 0 Å². The first-order valence-electron chi connectivity index (χ1n) is 8.24. The molecule has 2 aromatic rings. The van der Waals surface area contributed by atoms with Crippen LogP contribution in [0.25, 0.3) is 10.1 Å². The number of nitrogens with one attached hydrogen (secondary N) is 1. The molecule has 0 radical (unpaired) electrons. The van der Waals surface area contributed by atoms with Crippen molar-refractivity contribution in [1.82, 2.24) is 5.32 Å². The lowest BCUT2D eigenvalue weighted by Crippen LogP contribution is -2.34. The van der Waals surface area contributed by atoms with Crippen LogP contribution in [0.2, 0.25) is 0 Å². The van der Waals surface area contributed by atoms with Crippen molar-refractivity contribution in [3.63, 3.8) is 0 Å². The molecule has 0 saturated carbocycles. The van der Waals surface area contributed by atoms with Crippen LogP contribution in [0.3, 0.4) is 0 Å². The standard InChI is InChI=1S/C19H24FNOS/c1-18(2,3)7-8-19(9-10-21-12-19)17(22)16-11-13-14(20)5-4-6-15(13)23-16/h4-6,11,21H,7-10,12H2,1-3H3. The minimum Gasteiger partial charge on any atom is -0.316 e. The van der Waals surface area contributed by atoms with Crippen LogP contribution in [-0.4, -0.2) is 18.9 Å². The maximum absolute atomic E-state index is 13.9. The van der Waals surface area contributed by atoms with Crippen molar-refractivity contribution in [2.45, 2.75) is 40.0 Å². The maximum atomic E-state index is 13.9. The largest absolute Gasteiger partial charge is 0.316 e. The Kier molecular flexibility index (Phi) is 4.32. The van der Waals surface area contributed by atoms with Crippen molar-refractivity contribution in [1.29, 1.82) is 0 Å². The van der Waals surface area contributed by atoms with Crippen molar-refractivity contribution in [3.8, 4) is 0 Å². The van der Waals surface area contributed by atoms with Gasteiger partial charge in [0.05, 0.1) is 4.88 Å². The fourth-order valence-corrected chi connectivity index (χ4v) is 4.41. The Hall–Kier alpha value is -1.26. The highest BCUT2D eigenvalue weighted by Gasteiger charge is 2.42. The van der Waals surface area contributed by atoms with Crippen LogP contribution in [0, 0.1) is 16.6 Å². The number of Topliss-reactive ketones (excluding diaryl/α,β-unsaturated/α-hetero) is 1. The molecule has 2 heterocycles. The highest BCUT2D eigenvalue weighted by molar-refractivity contribution is 7.20. The molecular formula is C19H24FNOS. The van der Waals surface area contributed by atoms with Gasteiger partial charge in [0.25, 0.3) is 0 Å². The Balaban J connectivity index is 1.92. The molecule has 1 N–H and O–H groups in total. The van der Waals surface area contributed by atoms with Gasteiger partial charge in [-0.3, -0.25) is 4.79 Å². The lowest BCUT2D eigenvalue weighted by atomic mass is 9.74. The molecule has 0 spiro atoms. The average molecular weight is 333 g/mol. The normalized spacial score (nSPS) is 21.9. The van der Waals surface area contributed by atoms with Gasteiger partial charge in [0.2, 0.25) is 0 Å². The summed E-state index contributed by atoms with van der Waals surface area (Å²) < 4.78 is 14.8. The quantitative estimate of drug-likeness (QED) is 0.795. The minimum atomic E-state index is -0.329. The first-order valence-corrected chi connectivity index (χ1v) is 9.06. The van der Waals surface area contributed by atoms with Crippen LogP contribution < -0.4 is 5.32 Å². The number of hydrogen-bond acceptors (Lipinski definition) is 3. The van der Waals surface area contributed by atoms with Gasteiger partial charge in [-0.15, -0.1) is 11.3 Å². The number of benzene rings is 1. The summed E-state index contributed by atoms with van der Waals surface area (Å²) in [7, 11) is 0. The van der Waals surface area contributed by atoms with Crippen LogP contribution in [0.4, 0.5) is 4.39 Å². The zero-order chi connectivity index (χ0) is 16.7. The third-order valence-electron chi connectivity index (χ3n) is 4.81. The van der Waals surface area contributed by atoms with Crippen LogP contribution in [0.15, 0.2) is 24.3 Å². The molecule has 4 heteroatoms. The Morgan fingerprint density at radius 1 is 1.39 bits per heavy atom. The van der Waals surface area contributed by atoms with Crippen molar-refractivity contribution < 1.29 is 9.18 Å². The second-order valence-corrected chi connectivity index (χ2v) is 8.94. The molecule has 0 aliphatic carbocycles. The van der Waals surface area contributed by atoms with Gasteiger partial charge < -0.3 is 5.32 Å². The first kappa shape index (κ1) is 16.6. The van der Waals surface area contributed by atoms with E-state index in [2.05, 4.69) is 26.1 Å². The van der Waals surface area contributed by atoms with Crippen LogP contribution >= 0.6 is 11.3 Å². The van der Waals surface area contributed by atoms with Gasteiger partial charge in [-0.2, -0.15) is 0 Å². The molecule has 1 aliphatic heterocycles. The molecule has 23 heavy (non-hydrogen) atoms. The third kappa shape index (κ3) is 3.33. The Morgan fingerprint density at radius 3 is 2.78 bits per heavy atom. The van der Waals surface area contributed by atoms with E-state index in [1.807, 2.05) is 6.07 Å². The molecule has 0 amide bonds. The van der Waals surface area contributed by atoms with Crippen LogP contribution in [0.5, 0.6) is 0 Å². The number of carbonyl (C=O) groups is 1. The fourth-order valence-electron chi connectivity index (χ4n) is 3.28. The Morgan fingerprint density at radius 2 is 2.17 bits per heavy atom. The highest BCUT2D eigenvalue weighted by atomic mass is 32.1. The molecule has 2 nitrogen and oxygen atoms in total. The predicted octanol–water partition coefficient (Wildman–Crippen LogP) is 5.03. The van der Waals surface area contributed by atoms with Crippen LogP contribution in [0.1, 0.15) is 49.7 Å². The van der Waals surface area contributed by atoms with E-state index in [0.29, 0.717) is 10.3 Å². The summed E-state index contributed by atoms with van der Waals surface area (Å²) in [5, 5.41) is 3.92. The van der Waals surface area contributed by atoms with E-state index >= 15 is 0 Å². The fraction of sp³-hybridized carbons (Fsp3) is 0.526. The Bertz CT molecular complexity index is 723. The minimum absolute atomic E-state index is 0.187. The second-order valence-electron chi connectivity index (χ2n) is 7.86. The zero-order valence-corrected chi connectivity index (χ0v) is 14.9. The number of halogens is 1. The molecule has 1 aromatic carbocycles. The number of thiophene rings is 1. The highest BCUT2D eigenvalue weighted by Crippen LogP contribution is 2.41.